The smallest absolute Gasteiger partial charge is 0.166 e. The van der Waals surface area contributed by atoms with Gasteiger partial charge in [0.05, 0.1) is 27.8 Å². The molecule has 0 amide bonds. The lowest BCUT2D eigenvalue weighted by Crippen LogP contribution is -2.08. The predicted octanol–water partition coefficient (Wildman–Crippen LogP) is 9.96. The van der Waals surface area contributed by atoms with Crippen LogP contribution >= 0.6 is 11.8 Å². The second kappa shape index (κ2) is 8.57. The van der Waals surface area contributed by atoms with Gasteiger partial charge < -0.3 is 0 Å². The van der Waals surface area contributed by atoms with Gasteiger partial charge in [-0.05, 0) is 53.2 Å². The minimum Gasteiger partial charge on any atom is -0.293 e. The molecule has 0 aliphatic carbocycles. The van der Waals surface area contributed by atoms with E-state index in [-0.39, 0.29) is 0 Å². The standard InChI is InChI=1S/C38H22N4S/c1-2-11-24-22-25(21-20-23(24)10-1)35-37(40-29-15-5-4-14-28(29)39-35)42-30-16-6-3-12-26(30)34-27-13-9-19-33-36(27)41(38(34)42)31-17-7-8-18-32(31)43-33/h1-22H. The molecule has 10 rings (SSSR count). The molecule has 0 radical (unpaired) electrons. The third-order valence-electron chi connectivity index (χ3n) is 8.67. The molecule has 0 spiro atoms. The van der Waals surface area contributed by atoms with Gasteiger partial charge in [-0.2, -0.15) is 0 Å². The van der Waals surface area contributed by atoms with Crippen molar-refractivity contribution in [1.29, 1.82) is 0 Å². The first-order valence-corrected chi connectivity index (χ1v) is 15.3. The van der Waals surface area contributed by atoms with Gasteiger partial charge in [0.15, 0.2) is 5.82 Å². The molecule has 1 aliphatic rings. The van der Waals surface area contributed by atoms with Gasteiger partial charge in [0.2, 0.25) is 0 Å². The maximum atomic E-state index is 5.40. The summed E-state index contributed by atoms with van der Waals surface area (Å²) in [6, 6.07) is 47.4. The van der Waals surface area contributed by atoms with Crippen LogP contribution in [0.3, 0.4) is 0 Å². The van der Waals surface area contributed by atoms with Crippen LogP contribution in [-0.2, 0) is 0 Å². The Bertz CT molecular complexity index is 2610. The molecule has 0 saturated carbocycles. The van der Waals surface area contributed by atoms with E-state index >= 15 is 0 Å². The van der Waals surface area contributed by atoms with E-state index in [0.29, 0.717) is 0 Å². The van der Waals surface area contributed by atoms with E-state index in [1.807, 2.05) is 23.9 Å². The number of fused-ring (bicyclic) bond motifs is 9. The average Bonchev–Trinajstić information content (AvgIpc) is 3.58. The summed E-state index contributed by atoms with van der Waals surface area (Å²) < 4.78 is 4.80. The Hall–Kier alpha value is -5.39. The Kier molecular flexibility index (Phi) is 4.62. The lowest BCUT2D eigenvalue weighted by atomic mass is 10.0. The van der Waals surface area contributed by atoms with Crippen LogP contribution in [0, 0.1) is 0 Å². The van der Waals surface area contributed by atoms with Crippen LogP contribution in [0.4, 0.5) is 0 Å². The lowest BCUT2D eigenvalue weighted by Gasteiger charge is -2.21. The minimum absolute atomic E-state index is 0.830. The molecule has 4 heterocycles. The number of para-hydroxylation sites is 5. The van der Waals surface area contributed by atoms with Gasteiger partial charge >= 0.3 is 0 Å². The molecule has 43 heavy (non-hydrogen) atoms. The summed E-state index contributed by atoms with van der Waals surface area (Å²) >= 11 is 1.85. The van der Waals surface area contributed by atoms with Crippen molar-refractivity contribution in [2.45, 2.75) is 9.79 Å². The van der Waals surface area contributed by atoms with E-state index in [1.165, 1.54) is 47.9 Å². The van der Waals surface area contributed by atoms with E-state index in [0.717, 1.165) is 39.3 Å². The normalized spacial score (nSPS) is 12.6. The van der Waals surface area contributed by atoms with Crippen molar-refractivity contribution in [2.24, 2.45) is 0 Å². The zero-order valence-corrected chi connectivity index (χ0v) is 23.7. The molecule has 0 atom stereocenters. The van der Waals surface area contributed by atoms with E-state index < -0.39 is 0 Å². The monoisotopic (exact) mass is 566 g/mol. The van der Waals surface area contributed by atoms with Gasteiger partial charge in [0.25, 0.3) is 0 Å². The molecule has 200 valence electrons. The second-order valence-corrected chi connectivity index (χ2v) is 12.1. The molecule has 0 N–H and O–H groups in total. The van der Waals surface area contributed by atoms with Crippen molar-refractivity contribution in [3.63, 3.8) is 0 Å². The Morgan fingerprint density at radius 2 is 1.26 bits per heavy atom. The fourth-order valence-corrected chi connectivity index (χ4v) is 7.91. The molecule has 3 aromatic heterocycles. The van der Waals surface area contributed by atoms with Gasteiger partial charge in [0, 0.05) is 31.5 Å². The third kappa shape index (κ3) is 3.17. The quantitative estimate of drug-likeness (QED) is 0.209. The number of nitrogens with zero attached hydrogens (tertiary/aromatic N) is 4. The maximum Gasteiger partial charge on any atom is 0.166 e. The van der Waals surface area contributed by atoms with Crippen LogP contribution in [0.2, 0.25) is 0 Å². The third-order valence-corrected chi connectivity index (χ3v) is 9.78. The van der Waals surface area contributed by atoms with Gasteiger partial charge in [-0.15, -0.1) is 0 Å². The highest BCUT2D eigenvalue weighted by Gasteiger charge is 2.29. The van der Waals surface area contributed by atoms with Gasteiger partial charge in [-0.25, -0.2) is 9.97 Å². The van der Waals surface area contributed by atoms with E-state index in [1.54, 1.807) is 0 Å². The van der Waals surface area contributed by atoms with Crippen molar-refractivity contribution < 1.29 is 0 Å². The lowest BCUT2D eigenvalue weighted by molar-refractivity contribution is 0.999. The molecular weight excluding hydrogens is 545 g/mol. The average molecular weight is 567 g/mol. The number of benzene rings is 6. The van der Waals surface area contributed by atoms with E-state index in [9.17, 15) is 0 Å². The summed E-state index contributed by atoms with van der Waals surface area (Å²) in [6.45, 7) is 0. The van der Waals surface area contributed by atoms with Crippen LogP contribution < -0.4 is 0 Å². The first kappa shape index (κ1) is 23.2. The van der Waals surface area contributed by atoms with E-state index in [4.69, 9.17) is 9.97 Å². The minimum atomic E-state index is 0.830. The molecule has 5 heteroatoms. The van der Waals surface area contributed by atoms with Crippen LogP contribution in [0.25, 0.3) is 77.4 Å². The number of rotatable bonds is 2. The highest BCUT2D eigenvalue weighted by Crippen LogP contribution is 2.49. The Labute approximate surface area is 250 Å². The molecule has 0 fully saturated rings. The fraction of sp³-hybridized carbons (Fsp3) is 0. The predicted molar refractivity (Wildman–Crippen MR) is 178 cm³/mol. The zero-order valence-electron chi connectivity index (χ0n) is 22.9. The molecular formula is C38H22N4S. The number of hydrogen-bond donors (Lipinski definition) is 0. The summed E-state index contributed by atoms with van der Waals surface area (Å²) in [5.41, 5.74) is 8.34. The largest absolute Gasteiger partial charge is 0.293 e. The maximum absolute atomic E-state index is 5.40. The Morgan fingerprint density at radius 1 is 0.535 bits per heavy atom. The Morgan fingerprint density at radius 3 is 2.19 bits per heavy atom. The SMILES string of the molecule is c1ccc2c(c1)Sc1cccc3c4c5ccccc5n(-c5nc6ccccc6nc5-c5ccc6ccccc6c5)c4n-2c13. The van der Waals surface area contributed by atoms with Crippen LogP contribution in [0.5, 0.6) is 0 Å². The topological polar surface area (TPSA) is 35.6 Å². The zero-order chi connectivity index (χ0) is 28.1. The molecule has 0 unspecified atom stereocenters. The summed E-state index contributed by atoms with van der Waals surface area (Å²) in [7, 11) is 0. The molecule has 0 bridgehead atoms. The van der Waals surface area contributed by atoms with Crippen molar-refractivity contribution >= 4 is 66.4 Å². The summed E-state index contributed by atoms with van der Waals surface area (Å²) in [4.78, 5) is 13.2. The first-order chi connectivity index (χ1) is 21.3. The van der Waals surface area contributed by atoms with Crippen molar-refractivity contribution in [2.75, 3.05) is 0 Å². The first-order valence-electron chi connectivity index (χ1n) is 14.4. The molecule has 6 aromatic carbocycles. The van der Waals surface area contributed by atoms with Crippen molar-refractivity contribution in [1.82, 2.24) is 19.1 Å². The highest BCUT2D eigenvalue weighted by atomic mass is 32.2. The van der Waals surface area contributed by atoms with Crippen LogP contribution in [0.15, 0.2) is 143 Å². The van der Waals surface area contributed by atoms with Gasteiger partial charge in [-0.3, -0.25) is 9.13 Å². The molecule has 1 aliphatic heterocycles. The summed E-state index contributed by atoms with van der Waals surface area (Å²) in [5, 5.41) is 6.10. The fourth-order valence-electron chi connectivity index (χ4n) is 6.82. The summed E-state index contributed by atoms with van der Waals surface area (Å²) in [5.74, 6) is 0.830. The second-order valence-electron chi connectivity index (χ2n) is 11.1. The molecule has 9 aromatic rings. The van der Waals surface area contributed by atoms with Crippen molar-refractivity contribution in [3.05, 3.63) is 133 Å². The number of aromatic nitrogens is 4. The van der Waals surface area contributed by atoms with Crippen LogP contribution in [0.1, 0.15) is 0 Å². The Balaban J connectivity index is 1.42. The summed E-state index contributed by atoms with van der Waals surface area (Å²) in [6.07, 6.45) is 0. The van der Waals surface area contributed by atoms with Crippen molar-refractivity contribution in [3.8, 4) is 22.8 Å². The van der Waals surface area contributed by atoms with Crippen LogP contribution in [-0.4, -0.2) is 19.1 Å². The van der Waals surface area contributed by atoms with Gasteiger partial charge in [-0.1, -0.05) is 103 Å². The number of hydrogen-bond acceptors (Lipinski definition) is 3. The van der Waals surface area contributed by atoms with E-state index in [2.05, 4.69) is 130 Å². The van der Waals surface area contributed by atoms with Gasteiger partial charge in [0.1, 0.15) is 11.3 Å². The molecule has 0 saturated heterocycles. The highest BCUT2D eigenvalue weighted by molar-refractivity contribution is 7.99. The molecule has 4 nitrogen and oxygen atoms in total.